The van der Waals surface area contributed by atoms with Gasteiger partial charge < -0.3 is 16.2 Å². The molecule has 0 radical (unpaired) electrons. The highest BCUT2D eigenvalue weighted by atomic mass is 16.4. The largest absolute Gasteiger partial charge is 0.480 e. The van der Waals surface area contributed by atoms with Crippen molar-refractivity contribution in [3.05, 3.63) is 12.2 Å². The first-order valence-electron chi connectivity index (χ1n) is 7.45. The molecule has 6 heteroatoms. The maximum atomic E-state index is 11.6. The van der Waals surface area contributed by atoms with Gasteiger partial charge in [0.1, 0.15) is 6.04 Å². The number of carboxylic acid groups (broad SMARTS) is 1. The molecule has 0 rings (SSSR count). The molecular weight excluding hydrogens is 272 g/mol. The van der Waals surface area contributed by atoms with E-state index in [9.17, 15) is 14.4 Å². The topological polar surface area (TPSA) is 109 Å². The van der Waals surface area contributed by atoms with Crippen LogP contribution < -0.4 is 11.1 Å². The smallest absolute Gasteiger partial charge is 0.326 e. The van der Waals surface area contributed by atoms with E-state index in [4.69, 9.17) is 10.8 Å². The van der Waals surface area contributed by atoms with E-state index in [-0.39, 0.29) is 12.8 Å². The first-order valence-corrected chi connectivity index (χ1v) is 7.45. The van der Waals surface area contributed by atoms with Gasteiger partial charge in [0.25, 0.3) is 0 Å². The number of nitrogens with one attached hydrogen (secondary N) is 1. The highest BCUT2D eigenvalue weighted by Crippen LogP contribution is 2.05. The molecule has 0 unspecified atom stereocenters. The van der Waals surface area contributed by atoms with Crippen LogP contribution in [0.3, 0.4) is 0 Å². The van der Waals surface area contributed by atoms with Gasteiger partial charge in [-0.3, -0.25) is 9.59 Å². The van der Waals surface area contributed by atoms with Gasteiger partial charge in [-0.2, -0.15) is 0 Å². The van der Waals surface area contributed by atoms with E-state index in [1.165, 1.54) is 25.3 Å². The number of primary amides is 1. The fourth-order valence-electron chi connectivity index (χ4n) is 1.82. The van der Waals surface area contributed by atoms with Crippen LogP contribution in [0.4, 0.5) is 0 Å². The average molecular weight is 298 g/mol. The first-order chi connectivity index (χ1) is 9.97. The molecule has 0 aromatic heterocycles. The van der Waals surface area contributed by atoms with Crippen LogP contribution in [0.15, 0.2) is 12.2 Å². The van der Waals surface area contributed by atoms with Crippen LogP contribution >= 0.6 is 0 Å². The molecule has 2 amide bonds. The number of hydrogen-bond acceptors (Lipinski definition) is 3. The van der Waals surface area contributed by atoms with E-state index in [1.54, 1.807) is 6.08 Å². The van der Waals surface area contributed by atoms with Crippen molar-refractivity contribution in [2.75, 3.05) is 0 Å². The Hall–Kier alpha value is -1.85. The minimum absolute atomic E-state index is 0.00125. The Morgan fingerprint density at radius 1 is 1.19 bits per heavy atom. The molecular formula is C15H26N2O4. The van der Waals surface area contributed by atoms with Crippen molar-refractivity contribution in [2.24, 2.45) is 5.73 Å². The van der Waals surface area contributed by atoms with Gasteiger partial charge in [-0.05, 0) is 25.3 Å². The third kappa shape index (κ3) is 11.7. The quantitative estimate of drug-likeness (QED) is 0.376. The van der Waals surface area contributed by atoms with Crippen molar-refractivity contribution in [3.63, 3.8) is 0 Å². The lowest BCUT2D eigenvalue weighted by atomic mass is 10.1. The zero-order valence-corrected chi connectivity index (χ0v) is 12.6. The van der Waals surface area contributed by atoms with Gasteiger partial charge in [-0.15, -0.1) is 0 Å². The lowest BCUT2D eigenvalue weighted by Crippen LogP contribution is -2.40. The highest BCUT2D eigenvalue weighted by Gasteiger charge is 2.19. The Morgan fingerprint density at radius 3 is 2.43 bits per heavy atom. The van der Waals surface area contributed by atoms with Gasteiger partial charge in [0.2, 0.25) is 11.8 Å². The lowest BCUT2D eigenvalue weighted by molar-refractivity contribution is -0.141. The summed E-state index contributed by atoms with van der Waals surface area (Å²) in [5.74, 6) is -2.21. The Bertz CT molecular complexity index is 367. The predicted octanol–water partition coefficient (Wildman–Crippen LogP) is 1.74. The first kappa shape index (κ1) is 19.1. The number of hydrogen-bond donors (Lipinski definition) is 3. The second-order valence-electron chi connectivity index (χ2n) is 5.01. The average Bonchev–Trinajstić information content (AvgIpc) is 2.41. The van der Waals surface area contributed by atoms with Crippen LogP contribution in [0.2, 0.25) is 0 Å². The van der Waals surface area contributed by atoms with E-state index in [1.807, 2.05) is 0 Å². The molecule has 120 valence electrons. The summed E-state index contributed by atoms with van der Waals surface area (Å²) < 4.78 is 0. The van der Waals surface area contributed by atoms with E-state index in [0.29, 0.717) is 0 Å². The normalized spacial score (nSPS) is 12.2. The number of unbranched alkanes of at least 4 members (excludes halogenated alkanes) is 5. The van der Waals surface area contributed by atoms with Crippen LogP contribution in [0.5, 0.6) is 0 Å². The van der Waals surface area contributed by atoms with Gasteiger partial charge in [-0.1, -0.05) is 38.7 Å². The molecule has 6 nitrogen and oxygen atoms in total. The van der Waals surface area contributed by atoms with Crippen LogP contribution in [0, 0.1) is 0 Å². The van der Waals surface area contributed by atoms with Crippen molar-refractivity contribution in [3.8, 4) is 0 Å². The molecule has 1 atom stereocenters. The van der Waals surface area contributed by atoms with Crippen LogP contribution in [0.25, 0.3) is 0 Å². The summed E-state index contributed by atoms with van der Waals surface area (Å²) in [6, 6.07) is -1.08. The van der Waals surface area contributed by atoms with Crippen molar-refractivity contribution < 1.29 is 19.5 Å². The van der Waals surface area contributed by atoms with Gasteiger partial charge in [0.15, 0.2) is 0 Å². The van der Waals surface area contributed by atoms with E-state index in [0.717, 1.165) is 19.3 Å². The zero-order chi connectivity index (χ0) is 16.1. The number of allylic oxidation sites excluding steroid dienone is 1. The second kappa shape index (κ2) is 11.9. The van der Waals surface area contributed by atoms with Crippen molar-refractivity contribution in [2.45, 2.75) is 64.3 Å². The van der Waals surface area contributed by atoms with Gasteiger partial charge in [0, 0.05) is 6.42 Å². The fraction of sp³-hybridized carbons (Fsp3) is 0.667. The summed E-state index contributed by atoms with van der Waals surface area (Å²) in [5.41, 5.74) is 4.96. The number of carboxylic acids is 1. The SMILES string of the molecule is CCCCCCCC=CC(=O)N[C@@H](CCC(N)=O)C(=O)O. The molecule has 0 spiro atoms. The molecule has 0 aromatic rings. The number of aliphatic carboxylic acids is 1. The predicted molar refractivity (Wildman–Crippen MR) is 80.5 cm³/mol. The molecule has 0 aliphatic carbocycles. The fourth-order valence-corrected chi connectivity index (χ4v) is 1.82. The second-order valence-corrected chi connectivity index (χ2v) is 5.01. The third-order valence-electron chi connectivity index (χ3n) is 3.04. The minimum Gasteiger partial charge on any atom is -0.480 e. The molecule has 0 fully saturated rings. The molecule has 0 saturated carbocycles. The zero-order valence-electron chi connectivity index (χ0n) is 12.6. The number of amides is 2. The lowest BCUT2D eigenvalue weighted by Gasteiger charge is -2.11. The molecule has 0 bridgehead atoms. The molecule has 4 N–H and O–H groups in total. The van der Waals surface area contributed by atoms with Crippen LogP contribution in [-0.4, -0.2) is 28.9 Å². The van der Waals surface area contributed by atoms with E-state index < -0.39 is 23.8 Å². The molecule has 0 aromatic carbocycles. The third-order valence-corrected chi connectivity index (χ3v) is 3.04. The Morgan fingerprint density at radius 2 is 1.86 bits per heavy atom. The summed E-state index contributed by atoms with van der Waals surface area (Å²) in [6.45, 7) is 2.15. The summed E-state index contributed by atoms with van der Waals surface area (Å²) >= 11 is 0. The van der Waals surface area contributed by atoms with E-state index in [2.05, 4.69) is 12.2 Å². The summed E-state index contributed by atoms with van der Waals surface area (Å²) in [7, 11) is 0. The Kier molecular flexibility index (Phi) is 10.9. The monoisotopic (exact) mass is 298 g/mol. The number of carbonyl (C=O) groups is 3. The van der Waals surface area contributed by atoms with Gasteiger partial charge in [-0.25, -0.2) is 4.79 Å². The Labute approximate surface area is 125 Å². The molecule has 0 aliphatic heterocycles. The molecule has 21 heavy (non-hydrogen) atoms. The maximum absolute atomic E-state index is 11.6. The number of nitrogens with two attached hydrogens (primary N) is 1. The summed E-state index contributed by atoms with van der Waals surface area (Å²) in [6.07, 6.45) is 9.60. The number of rotatable bonds is 12. The van der Waals surface area contributed by atoms with Crippen molar-refractivity contribution >= 4 is 17.8 Å². The standard InChI is InChI=1S/C15H26N2O4/c1-2-3-4-5-6-7-8-9-14(19)17-12(15(20)21)10-11-13(16)18/h8-9,12H,2-7,10-11H2,1H3,(H2,16,18)(H,17,19)(H,20,21)/t12-/m0/s1. The Balaban J connectivity index is 3.96. The van der Waals surface area contributed by atoms with Crippen LogP contribution in [-0.2, 0) is 14.4 Å². The van der Waals surface area contributed by atoms with Crippen molar-refractivity contribution in [1.82, 2.24) is 5.32 Å². The molecule has 0 aliphatic rings. The maximum Gasteiger partial charge on any atom is 0.326 e. The number of carbonyl (C=O) groups excluding carboxylic acids is 2. The van der Waals surface area contributed by atoms with E-state index >= 15 is 0 Å². The van der Waals surface area contributed by atoms with Gasteiger partial charge in [0.05, 0.1) is 0 Å². The van der Waals surface area contributed by atoms with Crippen LogP contribution in [0.1, 0.15) is 58.3 Å². The van der Waals surface area contributed by atoms with Crippen molar-refractivity contribution in [1.29, 1.82) is 0 Å². The summed E-state index contributed by atoms with van der Waals surface area (Å²) in [5, 5.41) is 11.3. The minimum atomic E-state index is -1.17. The molecule has 0 saturated heterocycles. The summed E-state index contributed by atoms with van der Waals surface area (Å²) in [4.78, 5) is 33.1. The molecule has 0 heterocycles. The van der Waals surface area contributed by atoms with Gasteiger partial charge >= 0.3 is 5.97 Å². The highest BCUT2D eigenvalue weighted by molar-refractivity contribution is 5.91.